The number of halogens is 2. The molecule has 1 aliphatic rings. The molecule has 1 aromatic carbocycles. The average molecular weight is 479 g/mol. The van der Waals surface area contributed by atoms with E-state index in [0.717, 1.165) is 40.2 Å². The van der Waals surface area contributed by atoms with Crippen LogP contribution >= 0.6 is 0 Å². The first kappa shape index (κ1) is 23.1. The summed E-state index contributed by atoms with van der Waals surface area (Å²) in [5.74, 6) is 1.64. The Morgan fingerprint density at radius 3 is 2.49 bits per heavy atom. The fourth-order valence-electron chi connectivity index (χ4n) is 4.61. The molecule has 3 aromatic heterocycles. The Kier molecular flexibility index (Phi) is 6.06. The van der Waals surface area contributed by atoms with Gasteiger partial charge in [-0.1, -0.05) is 6.92 Å². The lowest BCUT2D eigenvalue weighted by molar-refractivity contribution is 0.0588. The van der Waals surface area contributed by atoms with Crippen LogP contribution in [0.5, 0.6) is 0 Å². The van der Waals surface area contributed by atoms with Gasteiger partial charge in [-0.15, -0.1) is 0 Å². The Hall–Kier alpha value is -3.66. The van der Waals surface area contributed by atoms with Gasteiger partial charge in [0.05, 0.1) is 11.4 Å². The first-order valence-electron chi connectivity index (χ1n) is 11.7. The Balaban J connectivity index is 1.43. The lowest BCUT2D eigenvalue weighted by Crippen LogP contribution is -2.47. The molecule has 0 saturated carbocycles. The Bertz CT molecular complexity index is 1350. The van der Waals surface area contributed by atoms with Gasteiger partial charge in [0.2, 0.25) is 0 Å². The molecule has 0 bridgehead atoms. The molecule has 5 rings (SSSR count). The summed E-state index contributed by atoms with van der Waals surface area (Å²) in [6.45, 7) is 7.63. The van der Waals surface area contributed by atoms with E-state index in [2.05, 4.69) is 37.3 Å². The van der Waals surface area contributed by atoms with Crippen molar-refractivity contribution in [1.82, 2.24) is 34.4 Å². The Morgan fingerprint density at radius 2 is 1.80 bits per heavy atom. The molecular formula is C25H28F2N8. The Labute approximate surface area is 202 Å². The number of benzene rings is 1. The molecule has 4 heterocycles. The van der Waals surface area contributed by atoms with Gasteiger partial charge in [0.1, 0.15) is 24.1 Å². The molecule has 1 fully saturated rings. The maximum absolute atomic E-state index is 13.4. The second kappa shape index (κ2) is 9.18. The third-order valence-electron chi connectivity index (χ3n) is 6.47. The van der Waals surface area contributed by atoms with Crippen molar-refractivity contribution in [1.29, 1.82) is 0 Å². The van der Waals surface area contributed by atoms with Gasteiger partial charge >= 0.3 is 0 Å². The highest BCUT2D eigenvalue weighted by Gasteiger charge is 2.28. The number of hydrogen-bond donors (Lipinski definition) is 1. The summed E-state index contributed by atoms with van der Waals surface area (Å²) in [7, 11) is 1.87. The fourth-order valence-corrected chi connectivity index (χ4v) is 4.61. The second-order valence-corrected chi connectivity index (χ2v) is 8.90. The highest BCUT2D eigenvalue weighted by atomic mass is 19.1. The van der Waals surface area contributed by atoms with Crippen molar-refractivity contribution in [3.8, 4) is 17.1 Å². The van der Waals surface area contributed by atoms with Crippen LogP contribution in [0.15, 0.2) is 36.7 Å². The maximum Gasteiger partial charge on any atom is 0.159 e. The molecule has 0 radical (unpaired) electrons. The summed E-state index contributed by atoms with van der Waals surface area (Å²) < 4.78 is 30.3. The van der Waals surface area contributed by atoms with Crippen molar-refractivity contribution in [2.45, 2.75) is 39.9 Å². The zero-order valence-electron chi connectivity index (χ0n) is 20.3. The van der Waals surface area contributed by atoms with Gasteiger partial charge in [0.15, 0.2) is 11.6 Å². The molecule has 4 aromatic rings. The van der Waals surface area contributed by atoms with Crippen LogP contribution in [0.1, 0.15) is 29.4 Å². The summed E-state index contributed by atoms with van der Waals surface area (Å²) in [5.41, 5.74) is 5.79. The van der Waals surface area contributed by atoms with Crippen LogP contribution in [0.3, 0.4) is 0 Å². The number of hydrogen-bond acceptors (Lipinski definition) is 6. The summed E-state index contributed by atoms with van der Waals surface area (Å²) in [6, 6.07) is 8.24. The van der Waals surface area contributed by atoms with Crippen molar-refractivity contribution in [3.63, 3.8) is 0 Å². The number of nitrogens with zero attached hydrogens (tertiary/aromatic N) is 7. The minimum atomic E-state index is -0.732. The standard InChI is InChI=1S/C25H28F2N8/c1-5-20-24(17-6-8-18(26)9-7-17)33(4)32-25(20)30-22-10-23(29-14-28-22)35-16(3)21(15(2)31-35)13-34-11-19(27)12-34/h6-10,14,19H,5,11-13H2,1-4H3,(H,28,29,30,32). The third kappa shape index (κ3) is 4.41. The molecule has 0 unspecified atom stereocenters. The molecule has 0 atom stereocenters. The van der Waals surface area contributed by atoms with E-state index in [1.807, 2.05) is 27.0 Å². The van der Waals surface area contributed by atoms with Gasteiger partial charge in [-0.2, -0.15) is 10.2 Å². The second-order valence-electron chi connectivity index (χ2n) is 8.90. The average Bonchev–Trinajstić information content (AvgIpc) is 3.28. The van der Waals surface area contributed by atoms with Crippen LogP contribution in [-0.2, 0) is 20.0 Å². The molecule has 1 saturated heterocycles. The van der Waals surface area contributed by atoms with Crippen LogP contribution in [0, 0.1) is 19.7 Å². The highest BCUT2D eigenvalue weighted by molar-refractivity contribution is 5.72. The van der Waals surface area contributed by atoms with Crippen LogP contribution in [-0.4, -0.2) is 53.7 Å². The smallest absolute Gasteiger partial charge is 0.159 e. The van der Waals surface area contributed by atoms with Crippen molar-refractivity contribution < 1.29 is 8.78 Å². The first-order chi connectivity index (χ1) is 16.8. The van der Waals surface area contributed by atoms with Crippen molar-refractivity contribution in [3.05, 3.63) is 65.0 Å². The van der Waals surface area contributed by atoms with E-state index in [1.54, 1.807) is 21.5 Å². The van der Waals surface area contributed by atoms with E-state index in [-0.39, 0.29) is 5.82 Å². The monoisotopic (exact) mass is 478 g/mol. The minimum absolute atomic E-state index is 0.273. The molecule has 182 valence electrons. The van der Waals surface area contributed by atoms with Crippen LogP contribution < -0.4 is 5.32 Å². The van der Waals surface area contributed by atoms with E-state index in [0.29, 0.717) is 37.1 Å². The number of aromatic nitrogens is 6. The lowest BCUT2D eigenvalue weighted by atomic mass is 10.1. The van der Waals surface area contributed by atoms with Gasteiger partial charge in [-0.05, 0) is 44.5 Å². The van der Waals surface area contributed by atoms with Gasteiger partial charge < -0.3 is 5.32 Å². The number of anilines is 2. The van der Waals surface area contributed by atoms with Crippen molar-refractivity contribution >= 4 is 11.6 Å². The van der Waals surface area contributed by atoms with E-state index in [1.165, 1.54) is 18.5 Å². The van der Waals surface area contributed by atoms with E-state index in [4.69, 9.17) is 0 Å². The summed E-state index contributed by atoms with van der Waals surface area (Å²) >= 11 is 0. The summed E-state index contributed by atoms with van der Waals surface area (Å²) in [4.78, 5) is 10.9. The predicted molar refractivity (Wildman–Crippen MR) is 130 cm³/mol. The zero-order valence-corrected chi connectivity index (χ0v) is 20.3. The van der Waals surface area contributed by atoms with Gasteiger partial charge in [-0.3, -0.25) is 9.58 Å². The SMILES string of the molecule is CCc1c(Nc2cc(-n3nc(C)c(CN4CC(F)C4)c3C)ncn2)nn(C)c1-c1ccc(F)cc1. The maximum atomic E-state index is 13.4. The number of alkyl halides is 1. The Morgan fingerprint density at radius 1 is 1.06 bits per heavy atom. The number of nitrogens with one attached hydrogen (secondary N) is 1. The fraction of sp³-hybridized carbons (Fsp3) is 0.360. The van der Waals surface area contributed by atoms with Crippen molar-refractivity contribution in [2.24, 2.45) is 7.05 Å². The molecule has 0 aliphatic carbocycles. The summed E-state index contributed by atoms with van der Waals surface area (Å²) in [5, 5.41) is 12.7. The molecule has 1 N–H and O–H groups in total. The van der Waals surface area contributed by atoms with E-state index < -0.39 is 6.17 Å². The van der Waals surface area contributed by atoms with Gasteiger partial charge in [0.25, 0.3) is 0 Å². The molecule has 35 heavy (non-hydrogen) atoms. The van der Waals surface area contributed by atoms with Crippen LogP contribution in [0.4, 0.5) is 20.4 Å². The van der Waals surface area contributed by atoms with Gasteiger partial charge in [-0.25, -0.2) is 23.4 Å². The predicted octanol–water partition coefficient (Wildman–Crippen LogP) is 4.28. The topological polar surface area (TPSA) is 76.7 Å². The number of likely N-dealkylation sites (tertiary alicyclic amines) is 1. The largest absolute Gasteiger partial charge is 0.323 e. The molecule has 10 heteroatoms. The first-order valence-corrected chi connectivity index (χ1v) is 11.7. The van der Waals surface area contributed by atoms with Crippen LogP contribution in [0.25, 0.3) is 17.1 Å². The lowest BCUT2D eigenvalue weighted by Gasteiger charge is -2.34. The summed E-state index contributed by atoms with van der Waals surface area (Å²) in [6.07, 6.45) is 1.49. The molecule has 8 nitrogen and oxygen atoms in total. The third-order valence-corrected chi connectivity index (χ3v) is 6.47. The van der Waals surface area contributed by atoms with E-state index in [9.17, 15) is 8.78 Å². The molecule has 1 aliphatic heterocycles. The quantitative estimate of drug-likeness (QED) is 0.427. The van der Waals surface area contributed by atoms with Crippen LogP contribution in [0.2, 0.25) is 0 Å². The molecule has 0 amide bonds. The van der Waals surface area contributed by atoms with Gasteiger partial charge in [0, 0.05) is 55.1 Å². The molecule has 0 spiro atoms. The molecular weight excluding hydrogens is 450 g/mol. The highest BCUT2D eigenvalue weighted by Crippen LogP contribution is 2.31. The number of rotatable bonds is 7. The minimum Gasteiger partial charge on any atom is -0.323 e. The number of aryl methyl sites for hydroxylation is 2. The van der Waals surface area contributed by atoms with Crippen molar-refractivity contribution in [2.75, 3.05) is 18.4 Å². The normalized spacial score (nSPS) is 14.3. The zero-order chi connectivity index (χ0) is 24.7. The van der Waals surface area contributed by atoms with E-state index >= 15 is 0 Å².